The summed E-state index contributed by atoms with van der Waals surface area (Å²) in [6.45, 7) is 2.73. The van der Waals surface area contributed by atoms with Gasteiger partial charge < -0.3 is 15.5 Å². The van der Waals surface area contributed by atoms with Gasteiger partial charge in [0.05, 0.1) is 6.54 Å². The van der Waals surface area contributed by atoms with E-state index in [1.54, 1.807) is 11.3 Å². The quantitative estimate of drug-likeness (QED) is 0.845. The first kappa shape index (κ1) is 14.5. The van der Waals surface area contributed by atoms with Crippen LogP contribution in [0.4, 0.5) is 17.8 Å². The van der Waals surface area contributed by atoms with Gasteiger partial charge in [0.25, 0.3) is 0 Å². The molecule has 0 spiro atoms. The van der Waals surface area contributed by atoms with Gasteiger partial charge in [0.1, 0.15) is 0 Å². The zero-order chi connectivity index (χ0) is 14.7. The van der Waals surface area contributed by atoms with E-state index in [4.69, 9.17) is 0 Å². The Morgan fingerprint density at radius 3 is 2.67 bits per heavy atom. The molecule has 6 nitrogen and oxygen atoms in total. The highest BCUT2D eigenvalue weighted by atomic mass is 79.9. The van der Waals surface area contributed by atoms with Crippen molar-refractivity contribution in [3.05, 3.63) is 20.8 Å². The van der Waals surface area contributed by atoms with Gasteiger partial charge in [0, 0.05) is 29.5 Å². The molecule has 8 heteroatoms. The van der Waals surface area contributed by atoms with Crippen LogP contribution in [0, 0.1) is 0 Å². The zero-order valence-electron chi connectivity index (χ0n) is 11.8. The van der Waals surface area contributed by atoms with Gasteiger partial charge in [-0.2, -0.15) is 15.0 Å². The maximum atomic E-state index is 4.53. The Morgan fingerprint density at radius 1 is 1.24 bits per heavy atom. The fourth-order valence-electron chi connectivity index (χ4n) is 2.22. The Balaban J connectivity index is 1.77. The van der Waals surface area contributed by atoms with Gasteiger partial charge in [-0.05, 0) is 40.2 Å². The number of nitrogens with one attached hydrogen (secondary N) is 2. The molecule has 0 atom stereocenters. The first-order chi connectivity index (χ1) is 10.3. The van der Waals surface area contributed by atoms with Crippen molar-refractivity contribution in [2.75, 3.05) is 35.7 Å². The Kier molecular flexibility index (Phi) is 4.54. The molecule has 1 aliphatic heterocycles. The van der Waals surface area contributed by atoms with E-state index in [-0.39, 0.29) is 0 Å². The second-order valence-corrected chi connectivity index (χ2v) is 6.63. The van der Waals surface area contributed by atoms with Crippen molar-refractivity contribution in [2.24, 2.45) is 0 Å². The molecule has 1 saturated heterocycles. The van der Waals surface area contributed by atoms with Gasteiger partial charge in [-0.3, -0.25) is 0 Å². The molecule has 3 heterocycles. The highest BCUT2D eigenvalue weighted by molar-refractivity contribution is 9.10. The first-order valence-electron chi connectivity index (χ1n) is 6.91. The van der Waals surface area contributed by atoms with Crippen LogP contribution in [-0.4, -0.2) is 35.1 Å². The number of aromatic nitrogens is 3. The van der Waals surface area contributed by atoms with Crippen LogP contribution in [0.3, 0.4) is 0 Å². The lowest BCUT2D eigenvalue weighted by Gasteiger charge is -2.16. The minimum atomic E-state index is 0.597. The fraction of sp³-hybridized carbons (Fsp3) is 0.462. The van der Waals surface area contributed by atoms with Crippen LogP contribution in [0.5, 0.6) is 0 Å². The van der Waals surface area contributed by atoms with E-state index >= 15 is 0 Å². The van der Waals surface area contributed by atoms with Crippen LogP contribution in [0.25, 0.3) is 0 Å². The third kappa shape index (κ3) is 3.44. The molecule has 2 aromatic rings. The molecular formula is C13H17BrN6S. The average molecular weight is 369 g/mol. The van der Waals surface area contributed by atoms with Gasteiger partial charge in [0.2, 0.25) is 17.8 Å². The molecule has 0 radical (unpaired) electrons. The first-order valence-corrected chi connectivity index (χ1v) is 8.58. The monoisotopic (exact) mass is 368 g/mol. The molecular weight excluding hydrogens is 352 g/mol. The van der Waals surface area contributed by atoms with Crippen molar-refractivity contribution in [3.63, 3.8) is 0 Å². The van der Waals surface area contributed by atoms with E-state index in [9.17, 15) is 0 Å². The lowest BCUT2D eigenvalue weighted by molar-refractivity contribution is 0.879. The van der Waals surface area contributed by atoms with Gasteiger partial charge in [-0.25, -0.2) is 0 Å². The molecule has 0 unspecified atom stereocenters. The van der Waals surface area contributed by atoms with Crippen LogP contribution < -0.4 is 15.5 Å². The highest BCUT2D eigenvalue weighted by Gasteiger charge is 2.17. The molecule has 1 fully saturated rings. The summed E-state index contributed by atoms with van der Waals surface area (Å²) in [6, 6.07) is 2.05. The molecule has 0 saturated carbocycles. The van der Waals surface area contributed by atoms with Gasteiger partial charge in [-0.1, -0.05) is 0 Å². The SMILES string of the molecule is CNc1nc(NCc2sccc2Br)nc(N2CCCC2)n1. The lowest BCUT2D eigenvalue weighted by Crippen LogP contribution is -2.22. The smallest absolute Gasteiger partial charge is 0.231 e. The van der Waals surface area contributed by atoms with Crippen LogP contribution in [0.1, 0.15) is 17.7 Å². The number of anilines is 3. The van der Waals surface area contributed by atoms with E-state index in [1.807, 2.05) is 13.1 Å². The predicted octanol–water partition coefficient (Wildman–Crippen LogP) is 2.95. The lowest BCUT2D eigenvalue weighted by atomic mass is 10.4. The molecule has 3 rings (SSSR count). The Hall–Kier alpha value is -1.41. The van der Waals surface area contributed by atoms with Crippen LogP contribution in [-0.2, 0) is 6.54 Å². The summed E-state index contributed by atoms with van der Waals surface area (Å²) in [5.74, 6) is 1.95. The number of hydrogen-bond acceptors (Lipinski definition) is 7. The molecule has 0 bridgehead atoms. The van der Waals surface area contributed by atoms with Crippen molar-refractivity contribution < 1.29 is 0 Å². The van der Waals surface area contributed by atoms with E-state index < -0.39 is 0 Å². The highest BCUT2D eigenvalue weighted by Crippen LogP contribution is 2.24. The Morgan fingerprint density at radius 2 is 2.00 bits per heavy atom. The molecule has 0 aromatic carbocycles. The third-order valence-corrected chi connectivity index (χ3v) is 5.26. The number of halogens is 1. The summed E-state index contributed by atoms with van der Waals surface area (Å²) < 4.78 is 1.11. The number of thiophene rings is 1. The van der Waals surface area contributed by atoms with Gasteiger partial charge in [0.15, 0.2) is 0 Å². The average Bonchev–Trinajstić information content (AvgIpc) is 3.16. The Labute approximate surface area is 136 Å². The van der Waals surface area contributed by atoms with Crippen LogP contribution in [0.2, 0.25) is 0 Å². The van der Waals surface area contributed by atoms with E-state index in [0.29, 0.717) is 18.4 Å². The van der Waals surface area contributed by atoms with Gasteiger partial charge in [-0.15, -0.1) is 11.3 Å². The molecule has 21 heavy (non-hydrogen) atoms. The van der Waals surface area contributed by atoms with Crippen molar-refractivity contribution in [2.45, 2.75) is 19.4 Å². The standard InChI is InChI=1S/C13H17BrN6S/c1-15-11-17-12(16-8-10-9(14)4-7-21-10)19-13(18-11)20-5-2-3-6-20/h4,7H,2-3,5-6,8H2,1H3,(H2,15,16,17,18,19). The third-order valence-electron chi connectivity index (χ3n) is 3.33. The Bertz CT molecular complexity index is 610. The molecule has 0 aliphatic carbocycles. The van der Waals surface area contributed by atoms with Crippen LogP contribution >= 0.6 is 27.3 Å². The minimum absolute atomic E-state index is 0.597. The van der Waals surface area contributed by atoms with E-state index in [1.165, 1.54) is 17.7 Å². The maximum absolute atomic E-state index is 4.53. The van der Waals surface area contributed by atoms with E-state index in [2.05, 4.69) is 51.8 Å². The van der Waals surface area contributed by atoms with Gasteiger partial charge >= 0.3 is 0 Å². The minimum Gasteiger partial charge on any atom is -0.357 e. The molecule has 1 aliphatic rings. The summed E-state index contributed by atoms with van der Waals surface area (Å²) in [5.41, 5.74) is 0. The number of nitrogens with zero attached hydrogens (tertiary/aromatic N) is 4. The van der Waals surface area contributed by atoms with Crippen molar-refractivity contribution in [1.29, 1.82) is 0 Å². The summed E-state index contributed by atoms with van der Waals surface area (Å²) in [4.78, 5) is 16.8. The largest absolute Gasteiger partial charge is 0.357 e. The molecule has 2 N–H and O–H groups in total. The van der Waals surface area contributed by atoms with E-state index in [0.717, 1.165) is 23.5 Å². The normalized spacial score (nSPS) is 14.5. The van der Waals surface area contributed by atoms with Crippen LogP contribution in [0.15, 0.2) is 15.9 Å². The summed E-state index contributed by atoms with van der Waals surface area (Å²) in [5, 5.41) is 8.34. The summed E-state index contributed by atoms with van der Waals surface area (Å²) >= 11 is 5.23. The molecule has 2 aromatic heterocycles. The topological polar surface area (TPSA) is 66.0 Å². The van der Waals surface area contributed by atoms with Crippen molar-refractivity contribution in [1.82, 2.24) is 15.0 Å². The predicted molar refractivity (Wildman–Crippen MR) is 90.2 cm³/mol. The second kappa shape index (κ2) is 6.57. The van der Waals surface area contributed by atoms with Crippen molar-refractivity contribution in [3.8, 4) is 0 Å². The number of hydrogen-bond donors (Lipinski definition) is 2. The number of rotatable bonds is 5. The second-order valence-electron chi connectivity index (χ2n) is 4.77. The van der Waals surface area contributed by atoms with Crippen molar-refractivity contribution >= 4 is 45.1 Å². The summed E-state index contributed by atoms with van der Waals surface area (Å²) in [7, 11) is 1.82. The molecule has 112 valence electrons. The fourth-order valence-corrected chi connectivity index (χ4v) is 3.66. The maximum Gasteiger partial charge on any atom is 0.231 e. The molecule has 0 amide bonds. The summed E-state index contributed by atoms with van der Waals surface area (Å²) in [6.07, 6.45) is 2.40. The zero-order valence-corrected chi connectivity index (χ0v) is 14.2.